The van der Waals surface area contributed by atoms with E-state index in [1.165, 1.54) is 32.0 Å². The molecule has 26 heavy (non-hydrogen) atoms. The standard InChI is InChI=1S/C23H30OS2/c1-8-16-9-22-20(10-17(16)13(2)3)25-21-11-18(14(4)5)19(15(6)7)12-23(21)26(22)24/h9-15H,8H2,1-7H3. The van der Waals surface area contributed by atoms with E-state index in [2.05, 4.69) is 72.7 Å². The van der Waals surface area contributed by atoms with Crippen LogP contribution in [-0.2, 0) is 17.2 Å². The highest BCUT2D eigenvalue weighted by Crippen LogP contribution is 2.46. The lowest BCUT2D eigenvalue weighted by atomic mass is 9.91. The topological polar surface area (TPSA) is 17.1 Å². The van der Waals surface area contributed by atoms with Crippen LogP contribution in [0, 0.1) is 0 Å². The summed E-state index contributed by atoms with van der Waals surface area (Å²) >= 11 is 1.80. The molecule has 3 rings (SSSR count). The van der Waals surface area contributed by atoms with Crippen molar-refractivity contribution in [2.45, 2.75) is 92.2 Å². The normalized spacial score (nSPS) is 16.3. The third-order valence-corrected chi connectivity index (χ3v) is 8.07. The molecule has 0 fully saturated rings. The highest BCUT2D eigenvalue weighted by molar-refractivity contribution is 8.01. The van der Waals surface area contributed by atoms with Crippen LogP contribution in [0.3, 0.4) is 0 Å². The molecule has 0 bridgehead atoms. The Morgan fingerprint density at radius 2 is 1.23 bits per heavy atom. The highest BCUT2D eigenvalue weighted by atomic mass is 32.2. The van der Waals surface area contributed by atoms with Crippen LogP contribution in [-0.4, -0.2) is 4.21 Å². The number of hydrogen-bond acceptors (Lipinski definition) is 2. The van der Waals surface area contributed by atoms with Crippen LogP contribution in [0.15, 0.2) is 43.8 Å². The van der Waals surface area contributed by atoms with Gasteiger partial charge in [-0.15, -0.1) is 0 Å². The van der Waals surface area contributed by atoms with E-state index in [0.29, 0.717) is 17.8 Å². The first kappa shape index (κ1) is 19.7. The Morgan fingerprint density at radius 3 is 1.73 bits per heavy atom. The summed E-state index contributed by atoms with van der Waals surface area (Å²) in [7, 11) is -1.09. The van der Waals surface area contributed by atoms with E-state index in [9.17, 15) is 4.21 Å². The minimum absolute atomic E-state index is 0.440. The molecule has 1 heterocycles. The zero-order chi connectivity index (χ0) is 19.2. The average molecular weight is 387 g/mol. The van der Waals surface area contributed by atoms with Gasteiger partial charge in [0.15, 0.2) is 0 Å². The van der Waals surface area contributed by atoms with E-state index >= 15 is 0 Å². The quantitative estimate of drug-likeness (QED) is 0.469. The van der Waals surface area contributed by atoms with E-state index in [4.69, 9.17) is 0 Å². The van der Waals surface area contributed by atoms with Crippen molar-refractivity contribution in [3.05, 3.63) is 46.5 Å². The van der Waals surface area contributed by atoms with Crippen LogP contribution >= 0.6 is 11.8 Å². The molecular formula is C23H30OS2. The van der Waals surface area contributed by atoms with Crippen molar-refractivity contribution in [2.24, 2.45) is 0 Å². The Hall–Kier alpha value is -1.06. The molecule has 2 aromatic rings. The van der Waals surface area contributed by atoms with E-state index in [1.54, 1.807) is 11.8 Å². The summed E-state index contributed by atoms with van der Waals surface area (Å²) < 4.78 is 13.4. The van der Waals surface area contributed by atoms with Gasteiger partial charge in [-0.1, -0.05) is 60.2 Å². The smallest absolute Gasteiger partial charge is 0.0872 e. The van der Waals surface area contributed by atoms with Gasteiger partial charge in [0.2, 0.25) is 0 Å². The molecule has 1 aliphatic rings. The van der Waals surface area contributed by atoms with Crippen molar-refractivity contribution >= 4 is 22.6 Å². The van der Waals surface area contributed by atoms with E-state index < -0.39 is 10.8 Å². The number of benzene rings is 2. The number of fused-ring (bicyclic) bond motifs is 2. The molecule has 0 amide bonds. The SMILES string of the molecule is CCc1cc2c(cc1C(C)C)Sc1cc(C(C)C)c(C(C)C)cc1S2=O. The van der Waals surface area contributed by atoms with Crippen molar-refractivity contribution in [2.75, 3.05) is 0 Å². The molecule has 3 heteroatoms. The Labute approximate surface area is 165 Å². The molecule has 2 aromatic carbocycles. The number of hydrogen-bond donors (Lipinski definition) is 0. The molecule has 1 atom stereocenters. The number of aryl methyl sites for hydroxylation is 1. The first-order valence-corrected chi connectivity index (χ1v) is 11.6. The van der Waals surface area contributed by atoms with Gasteiger partial charge in [0.1, 0.15) is 0 Å². The molecule has 1 unspecified atom stereocenters. The Morgan fingerprint density at radius 1 is 0.769 bits per heavy atom. The van der Waals surface area contributed by atoms with Crippen molar-refractivity contribution in [1.29, 1.82) is 0 Å². The first-order valence-electron chi connectivity index (χ1n) is 9.68. The fourth-order valence-corrected chi connectivity index (χ4v) is 6.57. The summed E-state index contributed by atoms with van der Waals surface area (Å²) in [4.78, 5) is 4.33. The Kier molecular flexibility index (Phi) is 5.69. The van der Waals surface area contributed by atoms with Gasteiger partial charge in [0.05, 0.1) is 20.6 Å². The second kappa shape index (κ2) is 7.52. The lowest BCUT2D eigenvalue weighted by Crippen LogP contribution is -2.09. The molecule has 1 nitrogen and oxygen atoms in total. The first-order chi connectivity index (χ1) is 12.2. The largest absolute Gasteiger partial charge is 0.249 e. The fraction of sp³-hybridized carbons (Fsp3) is 0.478. The van der Waals surface area contributed by atoms with Gasteiger partial charge >= 0.3 is 0 Å². The Bertz CT molecular complexity index is 863. The van der Waals surface area contributed by atoms with Crippen LogP contribution in [0.5, 0.6) is 0 Å². The molecular weight excluding hydrogens is 356 g/mol. The van der Waals surface area contributed by atoms with Gasteiger partial charge in [-0.2, -0.15) is 0 Å². The van der Waals surface area contributed by atoms with Gasteiger partial charge in [0.25, 0.3) is 0 Å². The van der Waals surface area contributed by atoms with Crippen molar-refractivity contribution in [3.8, 4) is 0 Å². The molecule has 0 aliphatic carbocycles. The molecule has 0 aromatic heterocycles. The zero-order valence-electron chi connectivity index (χ0n) is 17.0. The van der Waals surface area contributed by atoms with Gasteiger partial charge in [-0.3, -0.25) is 0 Å². The maximum atomic E-state index is 13.4. The summed E-state index contributed by atoms with van der Waals surface area (Å²) in [6.45, 7) is 15.6. The Balaban J connectivity index is 2.18. The van der Waals surface area contributed by atoms with E-state index in [-0.39, 0.29) is 0 Å². The second-order valence-electron chi connectivity index (χ2n) is 8.11. The molecule has 0 N–H and O–H groups in total. The van der Waals surface area contributed by atoms with Gasteiger partial charge in [0, 0.05) is 9.79 Å². The summed E-state index contributed by atoms with van der Waals surface area (Å²) in [6, 6.07) is 8.99. The summed E-state index contributed by atoms with van der Waals surface area (Å²) in [6.07, 6.45) is 0.985. The molecule has 1 aliphatic heterocycles. The monoisotopic (exact) mass is 386 g/mol. The predicted molar refractivity (Wildman–Crippen MR) is 113 cm³/mol. The van der Waals surface area contributed by atoms with Crippen LogP contribution in [0.1, 0.15) is 88.5 Å². The van der Waals surface area contributed by atoms with Crippen molar-refractivity contribution in [3.63, 3.8) is 0 Å². The van der Waals surface area contributed by atoms with Crippen LogP contribution < -0.4 is 0 Å². The summed E-state index contributed by atoms with van der Waals surface area (Å²) in [5.74, 6) is 1.40. The number of rotatable bonds is 4. The van der Waals surface area contributed by atoms with Gasteiger partial charge < -0.3 is 0 Å². The zero-order valence-corrected chi connectivity index (χ0v) is 18.6. The molecule has 0 saturated heterocycles. The van der Waals surface area contributed by atoms with Crippen molar-refractivity contribution < 1.29 is 4.21 Å². The molecule has 140 valence electrons. The lowest BCUT2D eigenvalue weighted by Gasteiger charge is -2.25. The maximum Gasteiger partial charge on any atom is 0.0872 e. The molecule has 0 radical (unpaired) electrons. The summed E-state index contributed by atoms with van der Waals surface area (Å²) in [5, 5.41) is 0. The average Bonchev–Trinajstić information content (AvgIpc) is 2.59. The molecule has 0 saturated carbocycles. The maximum absolute atomic E-state index is 13.4. The minimum Gasteiger partial charge on any atom is -0.249 e. The fourth-order valence-electron chi connectivity index (χ4n) is 3.74. The molecule has 0 spiro atoms. The summed E-state index contributed by atoms with van der Waals surface area (Å²) in [5.41, 5.74) is 5.45. The third-order valence-electron chi connectivity index (χ3n) is 5.22. The van der Waals surface area contributed by atoms with Crippen LogP contribution in [0.4, 0.5) is 0 Å². The van der Waals surface area contributed by atoms with Crippen LogP contribution in [0.25, 0.3) is 0 Å². The van der Waals surface area contributed by atoms with E-state index in [1.807, 2.05) is 0 Å². The third kappa shape index (κ3) is 3.41. The second-order valence-corrected chi connectivity index (χ2v) is 10.6. The van der Waals surface area contributed by atoms with Gasteiger partial charge in [-0.25, -0.2) is 4.21 Å². The van der Waals surface area contributed by atoms with Crippen LogP contribution in [0.2, 0.25) is 0 Å². The minimum atomic E-state index is -1.09. The highest BCUT2D eigenvalue weighted by Gasteiger charge is 2.27. The lowest BCUT2D eigenvalue weighted by molar-refractivity contribution is 0.677. The predicted octanol–water partition coefficient (Wildman–Crippen LogP) is 7.25. The van der Waals surface area contributed by atoms with Gasteiger partial charge in [-0.05, 0) is 70.7 Å². The van der Waals surface area contributed by atoms with E-state index in [0.717, 1.165) is 16.2 Å². The van der Waals surface area contributed by atoms with Crippen molar-refractivity contribution in [1.82, 2.24) is 0 Å².